The molecule has 2 N–H and O–H groups in total. The van der Waals surface area contributed by atoms with Crippen LogP contribution in [0.15, 0.2) is 30.3 Å². The van der Waals surface area contributed by atoms with Crippen molar-refractivity contribution in [1.82, 2.24) is 0 Å². The van der Waals surface area contributed by atoms with Crippen LogP contribution in [0.1, 0.15) is 18.9 Å². The number of halogens is 1. The highest BCUT2D eigenvalue weighted by Gasteiger charge is 1.97. The van der Waals surface area contributed by atoms with Gasteiger partial charge in [-0.15, -0.1) is 0 Å². The van der Waals surface area contributed by atoms with E-state index in [0.29, 0.717) is 6.54 Å². The smallest absolute Gasteiger partial charge is 0.0406 e. The summed E-state index contributed by atoms with van der Waals surface area (Å²) in [6.07, 6.45) is 3.04. The lowest BCUT2D eigenvalue weighted by Gasteiger charge is -2.04. The Kier molecular flexibility index (Phi) is 4.00. The molecule has 2 heteroatoms. The van der Waals surface area contributed by atoms with E-state index in [1.807, 2.05) is 30.3 Å². The molecule has 0 fully saturated rings. The molecule has 0 aliphatic rings. The Hall–Kier alpha value is -0.790. The lowest BCUT2D eigenvalue weighted by atomic mass is 10.0. The Labute approximate surface area is 84.2 Å². The molecule has 1 rings (SSSR count). The molecule has 0 atom stereocenters. The fraction of sp³-hybridized carbons (Fsp3) is 0.273. The summed E-state index contributed by atoms with van der Waals surface area (Å²) in [6, 6.07) is 7.84. The van der Waals surface area contributed by atoms with Gasteiger partial charge in [-0.3, -0.25) is 0 Å². The standard InChI is InChI=1S/C11H14ClN/c1-2-9(7-8-13)10-3-5-11(12)6-4-10/h3-7H,2,8,13H2,1H3. The molecule has 0 amide bonds. The number of allylic oxidation sites excluding steroid dienone is 1. The lowest BCUT2D eigenvalue weighted by Crippen LogP contribution is -1.95. The summed E-state index contributed by atoms with van der Waals surface area (Å²) in [7, 11) is 0. The summed E-state index contributed by atoms with van der Waals surface area (Å²) in [5.41, 5.74) is 7.95. The quantitative estimate of drug-likeness (QED) is 0.788. The highest BCUT2D eigenvalue weighted by Crippen LogP contribution is 2.19. The average molecular weight is 196 g/mol. The third kappa shape index (κ3) is 2.87. The second-order valence-electron chi connectivity index (χ2n) is 2.83. The van der Waals surface area contributed by atoms with E-state index in [2.05, 4.69) is 6.92 Å². The molecule has 1 nitrogen and oxygen atoms in total. The largest absolute Gasteiger partial charge is 0.327 e. The normalized spacial score (nSPS) is 11.8. The second kappa shape index (κ2) is 5.05. The molecule has 0 aromatic heterocycles. The van der Waals surface area contributed by atoms with E-state index in [9.17, 15) is 0 Å². The van der Waals surface area contributed by atoms with Gasteiger partial charge in [0, 0.05) is 11.6 Å². The van der Waals surface area contributed by atoms with Crippen LogP contribution >= 0.6 is 11.6 Å². The van der Waals surface area contributed by atoms with E-state index in [4.69, 9.17) is 17.3 Å². The van der Waals surface area contributed by atoms with Gasteiger partial charge in [0.2, 0.25) is 0 Å². The Morgan fingerprint density at radius 2 is 2.00 bits per heavy atom. The van der Waals surface area contributed by atoms with Crippen LogP contribution in [0.25, 0.3) is 5.57 Å². The molecule has 0 aliphatic carbocycles. The molecule has 1 aromatic carbocycles. The highest BCUT2D eigenvalue weighted by atomic mass is 35.5. The van der Waals surface area contributed by atoms with Crippen molar-refractivity contribution in [2.45, 2.75) is 13.3 Å². The van der Waals surface area contributed by atoms with Gasteiger partial charge in [-0.2, -0.15) is 0 Å². The number of benzene rings is 1. The van der Waals surface area contributed by atoms with Crippen molar-refractivity contribution in [2.75, 3.05) is 6.54 Å². The summed E-state index contributed by atoms with van der Waals surface area (Å²) in [5.74, 6) is 0. The first-order chi connectivity index (χ1) is 6.27. The summed E-state index contributed by atoms with van der Waals surface area (Å²) in [5, 5.41) is 0.770. The predicted molar refractivity (Wildman–Crippen MR) is 58.8 cm³/mol. The third-order valence-electron chi connectivity index (χ3n) is 1.96. The Balaban J connectivity index is 2.92. The molecule has 0 saturated carbocycles. The van der Waals surface area contributed by atoms with Gasteiger partial charge in [0.1, 0.15) is 0 Å². The minimum atomic E-state index is 0.589. The molecule has 70 valence electrons. The van der Waals surface area contributed by atoms with Gasteiger partial charge in [-0.05, 0) is 29.7 Å². The van der Waals surface area contributed by atoms with E-state index in [1.165, 1.54) is 11.1 Å². The third-order valence-corrected chi connectivity index (χ3v) is 2.21. The van der Waals surface area contributed by atoms with E-state index in [0.717, 1.165) is 11.4 Å². The zero-order valence-corrected chi connectivity index (χ0v) is 8.51. The summed E-state index contributed by atoms with van der Waals surface area (Å²) >= 11 is 5.79. The molecule has 0 unspecified atom stereocenters. The fourth-order valence-electron chi connectivity index (χ4n) is 1.27. The van der Waals surface area contributed by atoms with Crippen molar-refractivity contribution in [2.24, 2.45) is 5.73 Å². The first-order valence-electron chi connectivity index (χ1n) is 4.43. The fourth-order valence-corrected chi connectivity index (χ4v) is 1.40. The molecule has 0 radical (unpaired) electrons. The van der Waals surface area contributed by atoms with Gasteiger partial charge in [-0.25, -0.2) is 0 Å². The van der Waals surface area contributed by atoms with Gasteiger partial charge < -0.3 is 5.73 Å². The maximum absolute atomic E-state index is 5.79. The summed E-state index contributed by atoms with van der Waals surface area (Å²) < 4.78 is 0. The van der Waals surface area contributed by atoms with E-state index in [-0.39, 0.29) is 0 Å². The van der Waals surface area contributed by atoms with E-state index >= 15 is 0 Å². The van der Waals surface area contributed by atoms with Crippen molar-refractivity contribution in [3.05, 3.63) is 40.9 Å². The van der Waals surface area contributed by atoms with Crippen LogP contribution in [0.4, 0.5) is 0 Å². The predicted octanol–water partition coefficient (Wildman–Crippen LogP) is 3.09. The lowest BCUT2D eigenvalue weighted by molar-refractivity contribution is 1.19. The average Bonchev–Trinajstić information content (AvgIpc) is 2.16. The van der Waals surface area contributed by atoms with Crippen molar-refractivity contribution in [3.63, 3.8) is 0 Å². The van der Waals surface area contributed by atoms with Gasteiger partial charge in [-0.1, -0.05) is 36.7 Å². The molecule has 0 spiro atoms. The Morgan fingerprint density at radius 1 is 1.38 bits per heavy atom. The Bertz CT molecular complexity index is 287. The molecule has 0 bridgehead atoms. The van der Waals surface area contributed by atoms with E-state index < -0.39 is 0 Å². The number of hydrogen-bond acceptors (Lipinski definition) is 1. The van der Waals surface area contributed by atoms with Gasteiger partial charge in [0.05, 0.1) is 0 Å². The highest BCUT2D eigenvalue weighted by molar-refractivity contribution is 6.30. The van der Waals surface area contributed by atoms with Crippen LogP contribution in [0.2, 0.25) is 5.02 Å². The van der Waals surface area contributed by atoms with Gasteiger partial charge >= 0.3 is 0 Å². The van der Waals surface area contributed by atoms with Crippen molar-refractivity contribution in [3.8, 4) is 0 Å². The number of nitrogens with two attached hydrogens (primary N) is 1. The minimum Gasteiger partial charge on any atom is -0.327 e. The van der Waals surface area contributed by atoms with Crippen molar-refractivity contribution >= 4 is 17.2 Å². The maximum atomic E-state index is 5.79. The number of rotatable bonds is 3. The van der Waals surface area contributed by atoms with Crippen molar-refractivity contribution < 1.29 is 0 Å². The Morgan fingerprint density at radius 3 is 2.46 bits per heavy atom. The zero-order chi connectivity index (χ0) is 9.68. The SMILES string of the molecule is CCC(=CCN)c1ccc(Cl)cc1. The van der Waals surface area contributed by atoms with Crippen LogP contribution in [0.3, 0.4) is 0 Å². The summed E-state index contributed by atoms with van der Waals surface area (Å²) in [4.78, 5) is 0. The molecule has 13 heavy (non-hydrogen) atoms. The van der Waals surface area contributed by atoms with Crippen molar-refractivity contribution in [1.29, 1.82) is 0 Å². The first kappa shape index (κ1) is 10.3. The van der Waals surface area contributed by atoms with Crippen LogP contribution in [-0.4, -0.2) is 6.54 Å². The van der Waals surface area contributed by atoms with Crippen LogP contribution in [-0.2, 0) is 0 Å². The molecular formula is C11H14ClN. The van der Waals surface area contributed by atoms with Crippen LogP contribution in [0.5, 0.6) is 0 Å². The minimum absolute atomic E-state index is 0.589. The van der Waals surface area contributed by atoms with Crippen LogP contribution < -0.4 is 5.73 Å². The molecule has 1 aromatic rings. The first-order valence-corrected chi connectivity index (χ1v) is 4.80. The zero-order valence-electron chi connectivity index (χ0n) is 7.76. The maximum Gasteiger partial charge on any atom is 0.0406 e. The van der Waals surface area contributed by atoms with Gasteiger partial charge in [0.15, 0.2) is 0 Å². The molecule has 0 aliphatic heterocycles. The van der Waals surface area contributed by atoms with Crippen LogP contribution in [0, 0.1) is 0 Å². The second-order valence-corrected chi connectivity index (χ2v) is 3.26. The molecule has 0 heterocycles. The topological polar surface area (TPSA) is 26.0 Å². The van der Waals surface area contributed by atoms with E-state index in [1.54, 1.807) is 0 Å². The monoisotopic (exact) mass is 195 g/mol. The van der Waals surface area contributed by atoms with Gasteiger partial charge in [0.25, 0.3) is 0 Å². The molecular weight excluding hydrogens is 182 g/mol. The molecule has 0 saturated heterocycles. The number of hydrogen-bond donors (Lipinski definition) is 1. The summed E-state index contributed by atoms with van der Waals surface area (Å²) in [6.45, 7) is 2.71.